The summed E-state index contributed by atoms with van der Waals surface area (Å²) >= 11 is 6.02. The Morgan fingerprint density at radius 3 is 2.71 bits per heavy atom. The zero-order valence-electron chi connectivity index (χ0n) is 15.6. The van der Waals surface area contributed by atoms with Crippen molar-refractivity contribution in [3.05, 3.63) is 58.6 Å². The lowest BCUT2D eigenvalue weighted by Crippen LogP contribution is -2.21. The molecule has 1 atom stereocenters. The van der Waals surface area contributed by atoms with Gasteiger partial charge in [-0.25, -0.2) is 4.79 Å². The molecule has 0 unspecified atom stereocenters. The Hall–Kier alpha value is -2.57. The first kappa shape index (κ1) is 20.2. The highest BCUT2D eigenvalue weighted by Gasteiger charge is 2.16. The molecule has 3 rings (SSSR count). The van der Waals surface area contributed by atoms with Crippen LogP contribution < -0.4 is 10.1 Å². The van der Waals surface area contributed by atoms with E-state index in [2.05, 4.69) is 5.32 Å². The number of benzene rings is 2. The lowest BCUT2D eigenvalue weighted by molar-refractivity contribution is -0.119. The first-order valence-electron chi connectivity index (χ1n) is 9.09. The van der Waals surface area contributed by atoms with Gasteiger partial charge in [0.05, 0.1) is 11.7 Å². The summed E-state index contributed by atoms with van der Waals surface area (Å²) in [6, 6.07) is 11.8. The van der Waals surface area contributed by atoms with Crippen molar-refractivity contribution in [3.8, 4) is 5.75 Å². The Morgan fingerprint density at radius 2 is 2.00 bits per heavy atom. The molecule has 1 aliphatic rings. The molecule has 6 nitrogen and oxygen atoms in total. The lowest BCUT2D eigenvalue weighted by atomic mass is 10.2. The third-order valence-electron chi connectivity index (χ3n) is 4.43. The highest BCUT2D eigenvalue weighted by Crippen LogP contribution is 2.23. The monoisotopic (exact) mass is 403 g/mol. The van der Waals surface area contributed by atoms with E-state index in [9.17, 15) is 9.59 Å². The molecule has 1 N–H and O–H groups in total. The molecule has 1 heterocycles. The van der Waals surface area contributed by atoms with Gasteiger partial charge in [-0.2, -0.15) is 0 Å². The van der Waals surface area contributed by atoms with Crippen molar-refractivity contribution in [3.63, 3.8) is 0 Å². The van der Waals surface area contributed by atoms with E-state index in [4.69, 9.17) is 25.8 Å². The van der Waals surface area contributed by atoms with Crippen LogP contribution in [0.4, 0.5) is 5.69 Å². The summed E-state index contributed by atoms with van der Waals surface area (Å²) in [5.41, 5.74) is 1.68. The van der Waals surface area contributed by atoms with Crippen LogP contribution in [0.25, 0.3) is 0 Å². The smallest absolute Gasteiger partial charge is 0.338 e. The van der Waals surface area contributed by atoms with E-state index >= 15 is 0 Å². The predicted octanol–water partition coefficient (Wildman–Crippen LogP) is 4.00. The minimum atomic E-state index is -0.580. The second-order valence-electron chi connectivity index (χ2n) is 6.51. The molecule has 0 spiro atoms. The van der Waals surface area contributed by atoms with Gasteiger partial charge in [0.2, 0.25) is 0 Å². The standard InChI is InChI=1S/C21H22ClNO5/c1-14-18(22)5-2-6-19(14)23-20(24)13-28-21(25)15-7-9-16(10-8-15)27-12-17-4-3-11-26-17/h2,5-10,17H,3-4,11-13H2,1H3,(H,23,24)/t17-/m0/s1. The Morgan fingerprint density at radius 1 is 1.21 bits per heavy atom. The molecule has 1 amide bonds. The number of carbonyl (C=O) groups excluding carboxylic acids is 2. The molecule has 0 bridgehead atoms. The number of esters is 1. The summed E-state index contributed by atoms with van der Waals surface area (Å²) in [5.74, 6) is -0.361. The molecular weight excluding hydrogens is 382 g/mol. The van der Waals surface area contributed by atoms with Crippen LogP contribution in [-0.2, 0) is 14.3 Å². The Bertz CT molecular complexity index is 831. The van der Waals surface area contributed by atoms with Gasteiger partial charge in [-0.3, -0.25) is 4.79 Å². The predicted molar refractivity (Wildman–Crippen MR) is 106 cm³/mol. The average molecular weight is 404 g/mol. The third-order valence-corrected chi connectivity index (χ3v) is 4.84. The number of halogens is 1. The fourth-order valence-corrected chi connectivity index (χ4v) is 2.97. The van der Waals surface area contributed by atoms with Gasteiger partial charge in [-0.05, 0) is 61.7 Å². The summed E-state index contributed by atoms with van der Waals surface area (Å²) in [6.07, 6.45) is 2.19. The Balaban J connectivity index is 1.46. The van der Waals surface area contributed by atoms with Crippen molar-refractivity contribution >= 4 is 29.2 Å². The SMILES string of the molecule is Cc1c(Cl)cccc1NC(=O)COC(=O)c1ccc(OC[C@@H]2CCCO2)cc1. The Labute approximate surface area is 168 Å². The van der Waals surface area contributed by atoms with Crippen LogP contribution in [-0.4, -0.2) is 37.8 Å². The summed E-state index contributed by atoms with van der Waals surface area (Å²) in [4.78, 5) is 24.1. The third kappa shape index (κ3) is 5.47. The van der Waals surface area contributed by atoms with E-state index in [1.807, 2.05) is 0 Å². The first-order valence-corrected chi connectivity index (χ1v) is 9.47. The number of hydrogen-bond acceptors (Lipinski definition) is 5. The Kier molecular flexibility index (Phi) is 6.90. The molecule has 148 valence electrons. The van der Waals surface area contributed by atoms with Gasteiger partial charge < -0.3 is 19.5 Å². The van der Waals surface area contributed by atoms with Gasteiger partial charge in [-0.15, -0.1) is 0 Å². The van der Waals surface area contributed by atoms with Crippen molar-refractivity contribution < 1.29 is 23.8 Å². The minimum Gasteiger partial charge on any atom is -0.491 e. The number of ether oxygens (including phenoxy) is 3. The highest BCUT2D eigenvalue weighted by molar-refractivity contribution is 6.31. The van der Waals surface area contributed by atoms with Crippen LogP contribution in [0.15, 0.2) is 42.5 Å². The van der Waals surface area contributed by atoms with E-state index in [1.165, 1.54) is 0 Å². The highest BCUT2D eigenvalue weighted by atomic mass is 35.5. The quantitative estimate of drug-likeness (QED) is 0.707. The molecule has 0 aromatic heterocycles. The van der Waals surface area contributed by atoms with Crippen LogP contribution in [0.1, 0.15) is 28.8 Å². The van der Waals surface area contributed by atoms with E-state index in [1.54, 1.807) is 49.4 Å². The average Bonchev–Trinajstić information content (AvgIpc) is 3.22. The molecule has 1 aliphatic heterocycles. The van der Waals surface area contributed by atoms with E-state index < -0.39 is 11.9 Å². The van der Waals surface area contributed by atoms with Crippen molar-refractivity contribution in [2.75, 3.05) is 25.1 Å². The van der Waals surface area contributed by atoms with Gasteiger partial charge in [0.25, 0.3) is 5.91 Å². The fourth-order valence-electron chi connectivity index (χ4n) is 2.80. The molecule has 0 radical (unpaired) electrons. The van der Waals surface area contributed by atoms with Crippen molar-refractivity contribution in [2.24, 2.45) is 0 Å². The molecule has 0 saturated carbocycles. The fraction of sp³-hybridized carbons (Fsp3) is 0.333. The van der Waals surface area contributed by atoms with Gasteiger partial charge in [0.15, 0.2) is 6.61 Å². The number of hydrogen-bond donors (Lipinski definition) is 1. The van der Waals surface area contributed by atoms with Crippen LogP contribution in [0.2, 0.25) is 5.02 Å². The number of amides is 1. The van der Waals surface area contributed by atoms with Crippen LogP contribution in [0.5, 0.6) is 5.75 Å². The summed E-state index contributed by atoms with van der Waals surface area (Å²) in [5, 5.41) is 3.23. The second-order valence-corrected chi connectivity index (χ2v) is 6.91. The van der Waals surface area contributed by atoms with Crippen LogP contribution >= 0.6 is 11.6 Å². The van der Waals surface area contributed by atoms with E-state index in [0.29, 0.717) is 28.6 Å². The van der Waals surface area contributed by atoms with Gasteiger partial charge in [-0.1, -0.05) is 17.7 Å². The zero-order valence-corrected chi connectivity index (χ0v) is 16.3. The van der Waals surface area contributed by atoms with E-state index in [-0.39, 0.29) is 12.7 Å². The van der Waals surface area contributed by atoms with Crippen molar-refractivity contribution in [1.29, 1.82) is 0 Å². The number of anilines is 1. The van der Waals surface area contributed by atoms with Gasteiger partial charge in [0.1, 0.15) is 12.4 Å². The molecule has 1 fully saturated rings. The molecule has 7 heteroatoms. The number of rotatable bonds is 7. The molecular formula is C21H22ClNO5. The molecule has 1 saturated heterocycles. The molecule has 28 heavy (non-hydrogen) atoms. The van der Waals surface area contributed by atoms with Gasteiger partial charge >= 0.3 is 5.97 Å². The van der Waals surface area contributed by atoms with Crippen LogP contribution in [0, 0.1) is 6.92 Å². The largest absolute Gasteiger partial charge is 0.491 e. The number of carbonyl (C=O) groups is 2. The van der Waals surface area contributed by atoms with Crippen molar-refractivity contribution in [1.82, 2.24) is 0 Å². The maximum Gasteiger partial charge on any atom is 0.338 e. The maximum atomic E-state index is 12.1. The maximum absolute atomic E-state index is 12.1. The second kappa shape index (κ2) is 9.57. The first-order chi connectivity index (χ1) is 13.5. The summed E-state index contributed by atoms with van der Waals surface area (Å²) in [6.45, 7) is 2.69. The molecule has 0 aliphatic carbocycles. The summed E-state index contributed by atoms with van der Waals surface area (Å²) < 4.78 is 16.2. The molecule has 2 aromatic rings. The normalized spacial score (nSPS) is 15.9. The van der Waals surface area contributed by atoms with Gasteiger partial charge in [0, 0.05) is 17.3 Å². The lowest BCUT2D eigenvalue weighted by Gasteiger charge is -2.12. The topological polar surface area (TPSA) is 73.9 Å². The zero-order chi connectivity index (χ0) is 19.9. The van der Waals surface area contributed by atoms with Crippen LogP contribution in [0.3, 0.4) is 0 Å². The number of nitrogens with one attached hydrogen (secondary N) is 1. The van der Waals surface area contributed by atoms with E-state index in [0.717, 1.165) is 25.0 Å². The minimum absolute atomic E-state index is 0.131. The van der Waals surface area contributed by atoms with Crippen molar-refractivity contribution in [2.45, 2.75) is 25.9 Å². The summed E-state index contributed by atoms with van der Waals surface area (Å²) in [7, 11) is 0. The molecule has 2 aromatic carbocycles.